The Morgan fingerprint density at radius 3 is 2.48 bits per heavy atom. The van der Waals surface area contributed by atoms with Crippen LogP contribution in [0.1, 0.15) is 38.5 Å². The normalized spacial score (nSPS) is 19.1. The molecule has 0 saturated heterocycles. The first-order valence-electron chi connectivity index (χ1n) is 7.10. The van der Waals surface area contributed by atoms with Crippen molar-refractivity contribution in [2.75, 3.05) is 12.3 Å². The number of rotatable bonds is 4. The Kier molecular flexibility index (Phi) is 5.14. The minimum absolute atomic E-state index is 0.000458. The van der Waals surface area contributed by atoms with Crippen molar-refractivity contribution in [3.8, 4) is 0 Å². The molecule has 4 N–H and O–H groups in total. The Labute approximate surface area is 130 Å². The van der Waals surface area contributed by atoms with Crippen molar-refractivity contribution in [1.29, 1.82) is 0 Å². The molecule has 7 heteroatoms. The predicted octanol–water partition coefficient (Wildman–Crippen LogP) is 2.29. The van der Waals surface area contributed by atoms with Crippen molar-refractivity contribution < 1.29 is 13.5 Å². The number of halogens is 1. The van der Waals surface area contributed by atoms with E-state index in [2.05, 4.69) is 4.72 Å². The number of hydrogen-bond acceptors (Lipinski definition) is 4. The van der Waals surface area contributed by atoms with Crippen molar-refractivity contribution in [1.82, 2.24) is 4.72 Å². The Morgan fingerprint density at radius 2 is 1.86 bits per heavy atom. The number of benzene rings is 1. The third-order valence-corrected chi connectivity index (χ3v) is 5.75. The summed E-state index contributed by atoms with van der Waals surface area (Å²) in [6.07, 6.45) is 5.21. The van der Waals surface area contributed by atoms with E-state index < -0.39 is 15.6 Å². The molecule has 0 bridgehead atoms. The van der Waals surface area contributed by atoms with Crippen LogP contribution in [0.15, 0.2) is 23.1 Å². The zero-order valence-corrected chi connectivity index (χ0v) is 13.4. The van der Waals surface area contributed by atoms with E-state index >= 15 is 0 Å². The fourth-order valence-electron chi connectivity index (χ4n) is 2.60. The van der Waals surface area contributed by atoms with Crippen molar-refractivity contribution in [2.24, 2.45) is 0 Å². The van der Waals surface area contributed by atoms with Gasteiger partial charge in [0.15, 0.2) is 0 Å². The van der Waals surface area contributed by atoms with Gasteiger partial charge in [-0.1, -0.05) is 37.3 Å². The average Bonchev–Trinajstić information content (AvgIpc) is 2.65. The van der Waals surface area contributed by atoms with Crippen LogP contribution in [0.5, 0.6) is 0 Å². The molecule has 0 radical (unpaired) electrons. The summed E-state index contributed by atoms with van der Waals surface area (Å²) in [7, 11) is -3.78. The largest absolute Gasteiger partial charge is 0.399 e. The fourth-order valence-corrected chi connectivity index (χ4v) is 4.25. The minimum Gasteiger partial charge on any atom is -0.399 e. The molecule has 1 saturated carbocycles. The van der Waals surface area contributed by atoms with Gasteiger partial charge in [-0.2, -0.15) is 0 Å². The summed E-state index contributed by atoms with van der Waals surface area (Å²) in [4.78, 5) is -0.0543. The van der Waals surface area contributed by atoms with Crippen LogP contribution in [0.2, 0.25) is 5.02 Å². The number of nitrogens with one attached hydrogen (secondary N) is 1. The van der Waals surface area contributed by atoms with Gasteiger partial charge in [0.2, 0.25) is 10.0 Å². The van der Waals surface area contributed by atoms with Crippen molar-refractivity contribution >= 4 is 27.3 Å². The number of sulfonamides is 1. The van der Waals surface area contributed by atoms with E-state index in [9.17, 15) is 13.5 Å². The molecule has 1 aromatic rings. The van der Waals surface area contributed by atoms with Gasteiger partial charge in [-0.05, 0) is 31.0 Å². The highest BCUT2D eigenvalue weighted by atomic mass is 35.5. The van der Waals surface area contributed by atoms with Crippen LogP contribution in [-0.4, -0.2) is 25.7 Å². The van der Waals surface area contributed by atoms with E-state index in [0.717, 1.165) is 25.7 Å². The monoisotopic (exact) mass is 332 g/mol. The van der Waals surface area contributed by atoms with Crippen LogP contribution in [0, 0.1) is 0 Å². The molecule has 2 rings (SSSR count). The number of hydrogen-bond donors (Lipinski definition) is 3. The quantitative estimate of drug-likeness (QED) is 0.582. The summed E-state index contributed by atoms with van der Waals surface area (Å²) in [6.45, 7) is 0.000458. The zero-order valence-electron chi connectivity index (χ0n) is 11.8. The number of nitrogen functional groups attached to an aromatic ring is 1. The van der Waals surface area contributed by atoms with E-state index in [0.29, 0.717) is 18.5 Å². The summed E-state index contributed by atoms with van der Waals surface area (Å²) < 4.78 is 27.1. The van der Waals surface area contributed by atoms with Gasteiger partial charge in [-0.15, -0.1) is 0 Å². The van der Waals surface area contributed by atoms with Gasteiger partial charge in [0.25, 0.3) is 0 Å². The molecule has 0 heterocycles. The minimum atomic E-state index is -3.78. The summed E-state index contributed by atoms with van der Waals surface area (Å²) >= 11 is 5.93. The lowest BCUT2D eigenvalue weighted by atomic mass is 9.95. The van der Waals surface area contributed by atoms with E-state index in [1.807, 2.05) is 0 Å². The number of aliphatic hydroxyl groups is 1. The highest BCUT2D eigenvalue weighted by Crippen LogP contribution is 2.28. The second-order valence-corrected chi connectivity index (χ2v) is 7.80. The maximum Gasteiger partial charge on any atom is 0.242 e. The van der Waals surface area contributed by atoms with Crippen molar-refractivity contribution in [3.05, 3.63) is 23.2 Å². The topological polar surface area (TPSA) is 92.4 Å². The molecule has 1 aliphatic carbocycles. The molecule has 118 valence electrons. The summed E-state index contributed by atoms with van der Waals surface area (Å²) in [5, 5.41) is 10.6. The molecule has 0 amide bonds. The smallest absolute Gasteiger partial charge is 0.242 e. The molecular weight excluding hydrogens is 312 g/mol. The van der Waals surface area contributed by atoms with Gasteiger partial charge in [-0.3, -0.25) is 0 Å². The first-order valence-corrected chi connectivity index (χ1v) is 8.96. The Morgan fingerprint density at radius 1 is 1.24 bits per heavy atom. The van der Waals surface area contributed by atoms with E-state index in [1.54, 1.807) is 6.07 Å². The second kappa shape index (κ2) is 6.52. The Hall–Kier alpha value is -0.820. The molecule has 1 aromatic carbocycles. The molecule has 0 aliphatic heterocycles. The standard InChI is InChI=1S/C14H21ClN2O3S/c15-12-6-5-11(16)9-13(12)21(19,20)17-10-14(18)7-3-1-2-4-8-14/h5-6,9,17-18H,1-4,7-8,10,16H2. The fraction of sp³-hybridized carbons (Fsp3) is 0.571. The molecule has 0 atom stereocenters. The van der Waals surface area contributed by atoms with Crippen molar-refractivity contribution in [2.45, 2.75) is 49.0 Å². The van der Waals surface area contributed by atoms with Crippen LogP contribution >= 0.6 is 11.6 Å². The lowest BCUT2D eigenvalue weighted by Gasteiger charge is -2.26. The number of anilines is 1. The van der Waals surface area contributed by atoms with Gasteiger partial charge in [0, 0.05) is 12.2 Å². The molecule has 21 heavy (non-hydrogen) atoms. The molecule has 5 nitrogen and oxygen atoms in total. The van der Waals surface area contributed by atoms with Gasteiger partial charge >= 0.3 is 0 Å². The highest BCUT2D eigenvalue weighted by Gasteiger charge is 2.30. The van der Waals surface area contributed by atoms with Crippen LogP contribution < -0.4 is 10.5 Å². The van der Waals surface area contributed by atoms with E-state index in [4.69, 9.17) is 17.3 Å². The summed E-state index contributed by atoms with van der Waals surface area (Å²) in [6, 6.07) is 4.31. The summed E-state index contributed by atoms with van der Waals surface area (Å²) in [5.74, 6) is 0. The first kappa shape index (κ1) is 16.5. The average molecular weight is 333 g/mol. The first-order chi connectivity index (χ1) is 9.82. The van der Waals surface area contributed by atoms with Gasteiger partial charge in [0.1, 0.15) is 4.90 Å². The molecule has 0 spiro atoms. The third-order valence-electron chi connectivity index (χ3n) is 3.87. The molecule has 0 aromatic heterocycles. The predicted molar refractivity (Wildman–Crippen MR) is 83.7 cm³/mol. The number of nitrogens with two attached hydrogens (primary N) is 1. The SMILES string of the molecule is Nc1ccc(Cl)c(S(=O)(=O)NCC2(O)CCCCCC2)c1. The van der Waals surface area contributed by atoms with Gasteiger partial charge < -0.3 is 10.8 Å². The van der Waals surface area contributed by atoms with E-state index in [1.165, 1.54) is 12.1 Å². The van der Waals surface area contributed by atoms with Crippen molar-refractivity contribution in [3.63, 3.8) is 0 Å². The van der Waals surface area contributed by atoms with Gasteiger partial charge in [-0.25, -0.2) is 13.1 Å². The Balaban J connectivity index is 2.12. The molecule has 1 fully saturated rings. The maximum atomic E-state index is 12.3. The van der Waals surface area contributed by atoms with E-state index in [-0.39, 0.29) is 16.5 Å². The molecule has 1 aliphatic rings. The lowest BCUT2D eigenvalue weighted by molar-refractivity contribution is 0.0303. The maximum absolute atomic E-state index is 12.3. The molecular formula is C14H21ClN2O3S. The van der Waals surface area contributed by atoms with Crippen LogP contribution in [0.4, 0.5) is 5.69 Å². The van der Waals surface area contributed by atoms with Crippen LogP contribution in [0.25, 0.3) is 0 Å². The summed E-state index contributed by atoms with van der Waals surface area (Å²) in [5.41, 5.74) is 4.96. The van der Waals surface area contributed by atoms with Crippen LogP contribution in [0.3, 0.4) is 0 Å². The highest BCUT2D eigenvalue weighted by molar-refractivity contribution is 7.89. The van der Waals surface area contributed by atoms with Crippen LogP contribution in [-0.2, 0) is 10.0 Å². The zero-order chi connectivity index (χ0) is 15.5. The molecule has 0 unspecified atom stereocenters. The second-order valence-electron chi connectivity index (χ2n) is 5.65. The Bertz CT molecular complexity index is 596. The third kappa shape index (κ3) is 4.32. The lowest BCUT2D eigenvalue weighted by Crippen LogP contribution is -2.42. The van der Waals surface area contributed by atoms with Gasteiger partial charge in [0.05, 0.1) is 10.6 Å².